The quantitative estimate of drug-likeness (QED) is 0.574. The number of nitrogens with one attached hydrogen (secondary N) is 1. The lowest BCUT2D eigenvalue weighted by molar-refractivity contribution is -0.384. The van der Waals surface area contributed by atoms with E-state index in [4.69, 9.17) is 0 Å². The van der Waals surface area contributed by atoms with Crippen molar-refractivity contribution < 1.29 is 18.1 Å². The van der Waals surface area contributed by atoms with Crippen LogP contribution in [0.25, 0.3) is 0 Å². The van der Waals surface area contributed by atoms with Crippen molar-refractivity contribution in [3.8, 4) is 0 Å². The molecule has 0 aliphatic carbocycles. The molecule has 0 saturated carbocycles. The van der Waals surface area contributed by atoms with Gasteiger partial charge in [-0.15, -0.1) is 0 Å². The summed E-state index contributed by atoms with van der Waals surface area (Å²) in [7, 11) is -3.45. The van der Waals surface area contributed by atoms with E-state index in [2.05, 4.69) is 5.32 Å². The second-order valence-corrected chi connectivity index (χ2v) is 9.18. The Balaban J connectivity index is 1.56. The molecule has 2 aromatic carbocycles. The van der Waals surface area contributed by atoms with Gasteiger partial charge in [0.25, 0.3) is 5.69 Å². The van der Waals surface area contributed by atoms with Gasteiger partial charge >= 0.3 is 0 Å². The van der Waals surface area contributed by atoms with Gasteiger partial charge < -0.3 is 5.32 Å². The van der Waals surface area contributed by atoms with Crippen LogP contribution in [-0.2, 0) is 20.6 Å². The number of hydrogen-bond acceptors (Lipinski definition) is 5. The molecule has 1 fully saturated rings. The minimum absolute atomic E-state index is 0.0577. The number of piperidine rings is 1. The molecule has 1 saturated heterocycles. The Morgan fingerprint density at radius 3 is 2.45 bits per heavy atom. The van der Waals surface area contributed by atoms with Crippen molar-refractivity contribution in [3.63, 3.8) is 0 Å². The van der Waals surface area contributed by atoms with E-state index in [1.807, 2.05) is 31.2 Å². The minimum atomic E-state index is -3.45. The van der Waals surface area contributed by atoms with E-state index in [-0.39, 0.29) is 36.4 Å². The molecule has 154 valence electrons. The second-order valence-electron chi connectivity index (χ2n) is 7.21. The van der Waals surface area contributed by atoms with Gasteiger partial charge in [0.1, 0.15) is 0 Å². The summed E-state index contributed by atoms with van der Waals surface area (Å²) in [5, 5.41) is 13.5. The highest BCUT2D eigenvalue weighted by Crippen LogP contribution is 2.24. The minimum Gasteiger partial charge on any atom is -0.326 e. The monoisotopic (exact) mass is 417 g/mol. The lowest BCUT2D eigenvalue weighted by atomic mass is 9.97. The van der Waals surface area contributed by atoms with E-state index in [1.54, 1.807) is 6.07 Å². The predicted octanol–water partition coefficient (Wildman–Crippen LogP) is 3.08. The first-order valence-electron chi connectivity index (χ1n) is 9.33. The number of sulfonamides is 1. The molecule has 1 aliphatic heterocycles. The third-order valence-electron chi connectivity index (χ3n) is 5.01. The third kappa shape index (κ3) is 5.39. The van der Waals surface area contributed by atoms with E-state index in [9.17, 15) is 23.3 Å². The average Bonchev–Trinajstić information content (AvgIpc) is 2.70. The molecule has 2 aromatic rings. The van der Waals surface area contributed by atoms with Gasteiger partial charge in [-0.05, 0) is 31.4 Å². The van der Waals surface area contributed by atoms with Crippen LogP contribution in [0.3, 0.4) is 0 Å². The first kappa shape index (κ1) is 20.9. The smallest absolute Gasteiger partial charge is 0.271 e. The third-order valence-corrected chi connectivity index (χ3v) is 6.86. The van der Waals surface area contributed by atoms with E-state index in [0.29, 0.717) is 18.5 Å². The van der Waals surface area contributed by atoms with Crippen LogP contribution >= 0.6 is 0 Å². The number of benzene rings is 2. The van der Waals surface area contributed by atoms with Gasteiger partial charge in [-0.1, -0.05) is 35.9 Å². The maximum Gasteiger partial charge on any atom is 0.271 e. The van der Waals surface area contributed by atoms with Crippen molar-refractivity contribution in [2.75, 3.05) is 18.4 Å². The van der Waals surface area contributed by atoms with Gasteiger partial charge in [-0.2, -0.15) is 0 Å². The van der Waals surface area contributed by atoms with Crippen LogP contribution in [0.15, 0.2) is 48.5 Å². The number of non-ortho nitro benzene ring substituents is 1. The highest BCUT2D eigenvalue weighted by molar-refractivity contribution is 7.88. The highest BCUT2D eigenvalue weighted by Gasteiger charge is 2.31. The topological polar surface area (TPSA) is 110 Å². The van der Waals surface area contributed by atoms with Gasteiger partial charge in [-0.25, -0.2) is 12.7 Å². The van der Waals surface area contributed by atoms with Crippen molar-refractivity contribution in [1.82, 2.24) is 4.31 Å². The van der Waals surface area contributed by atoms with E-state index in [0.717, 1.165) is 11.1 Å². The molecule has 1 aliphatic rings. The number of nitro groups is 1. The van der Waals surface area contributed by atoms with Crippen molar-refractivity contribution in [1.29, 1.82) is 0 Å². The van der Waals surface area contributed by atoms with E-state index in [1.165, 1.54) is 22.5 Å². The van der Waals surface area contributed by atoms with Crippen LogP contribution < -0.4 is 5.32 Å². The molecule has 0 unspecified atom stereocenters. The van der Waals surface area contributed by atoms with Gasteiger partial charge in [0.05, 0.1) is 10.7 Å². The Morgan fingerprint density at radius 2 is 1.83 bits per heavy atom. The zero-order valence-corrected chi connectivity index (χ0v) is 16.9. The van der Waals surface area contributed by atoms with Crippen molar-refractivity contribution in [2.24, 2.45) is 5.92 Å². The molecule has 0 radical (unpaired) electrons. The zero-order valence-electron chi connectivity index (χ0n) is 16.1. The molecule has 0 bridgehead atoms. The highest BCUT2D eigenvalue weighted by atomic mass is 32.2. The molecule has 1 heterocycles. The van der Waals surface area contributed by atoms with Gasteiger partial charge in [-0.3, -0.25) is 14.9 Å². The van der Waals surface area contributed by atoms with Crippen molar-refractivity contribution >= 4 is 27.3 Å². The maximum absolute atomic E-state index is 12.7. The zero-order chi connectivity index (χ0) is 21.0. The van der Waals surface area contributed by atoms with Crippen LogP contribution in [0.5, 0.6) is 0 Å². The molecule has 0 aromatic heterocycles. The fourth-order valence-electron chi connectivity index (χ4n) is 3.32. The number of anilines is 1. The van der Waals surface area contributed by atoms with Crippen LogP contribution in [0.1, 0.15) is 24.0 Å². The van der Waals surface area contributed by atoms with Crippen molar-refractivity contribution in [2.45, 2.75) is 25.5 Å². The first-order chi connectivity index (χ1) is 13.7. The standard InChI is InChI=1S/C20H23N3O5S/c1-15-5-7-16(8-6-15)14-29(27,28)22-11-9-17(10-12-22)20(24)21-18-3-2-4-19(13-18)23(25)26/h2-8,13,17H,9-12,14H2,1H3,(H,21,24). The molecular weight excluding hydrogens is 394 g/mol. The van der Waals surface area contributed by atoms with Crippen LogP contribution in [0.4, 0.5) is 11.4 Å². The maximum atomic E-state index is 12.7. The Labute approximate surface area is 169 Å². The largest absolute Gasteiger partial charge is 0.326 e. The molecule has 1 N–H and O–H groups in total. The lowest BCUT2D eigenvalue weighted by Gasteiger charge is -2.30. The van der Waals surface area contributed by atoms with Crippen LogP contribution in [0, 0.1) is 23.0 Å². The summed E-state index contributed by atoms with van der Waals surface area (Å²) in [5.41, 5.74) is 2.07. The Hall–Kier alpha value is -2.78. The molecule has 0 atom stereocenters. The van der Waals surface area contributed by atoms with E-state index >= 15 is 0 Å². The number of amides is 1. The molecule has 1 amide bonds. The molecule has 29 heavy (non-hydrogen) atoms. The number of aryl methyl sites for hydroxylation is 1. The number of nitrogens with zero attached hydrogens (tertiary/aromatic N) is 2. The summed E-state index contributed by atoms with van der Waals surface area (Å²) < 4.78 is 26.8. The molecular formula is C20H23N3O5S. The van der Waals surface area contributed by atoms with Crippen LogP contribution in [0.2, 0.25) is 0 Å². The van der Waals surface area contributed by atoms with Gasteiger partial charge in [0.15, 0.2) is 0 Å². The Bertz CT molecular complexity index is 997. The molecule has 3 rings (SSSR count). The summed E-state index contributed by atoms with van der Waals surface area (Å²) >= 11 is 0. The Kier molecular flexibility index (Phi) is 6.29. The SMILES string of the molecule is Cc1ccc(CS(=O)(=O)N2CCC(C(=O)Nc3cccc([N+](=O)[O-])c3)CC2)cc1. The fourth-order valence-corrected chi connectivity index (χ4v) is 4.89. The summed E-state index contributed by atoms with van der Waals surface area (Å²) in [6, 6.07) is 13.1. The summed E-state index contributed by atoms with van der Waals surface area (Å²) in [6.07, 6.45) is 0.821. The van der Waals surface area contributed by atoms with Crippen LogP contribution in [-0.4, -0.2) is 36.6 Å². The second kappa shape index (κ2) is 8.71. The summed E-state index contributed by atoms with van der Waals surface area (Å²) in [5.74, 6) is -0.640. The number of rotatable bonds is 6. The average molecular weight is 417 g/mol. The lowest BCUT2D eigenvalue weighted by Crippen LogP contribution is -2.41. The Morgan fingerprint density at radius 1 is 1.17 bits per heavy atom. The van der Waals surface area contributed by atoms with E-state index < -0.39 is 14.9 Å². The predicted molar refractivity (Wildman–Crippen MR) is 110 cm³/mol. The fraction of sp³-hybridized carbons (Fsp3) is 0.350. The van der Waals surface area contributed by atoms with Gasteiger partial charge in [0.2, 0.25) is 15.9 Å². The number of nitro benzene ring substituents is 1. The summed E-state index contributed by atoms with van der Waals surface area (Å²) in [4.78, 5) is 22.8. The number of carbonyl (C=O) groups excluding carboxylic acids is 1. The molecule has 9 heteroatoms. The summed E-state index contributed by atoms with van der Waals surface area (Å²) in [6.45, 7) is 2.50. The number of hydrogen-bond donors (Lipinski definition) is 1. The number of carbonyl (C=O) groups is 1. The first-order valence-corrected chi connectivity index (χ1v) is 10.9. The normalized spacial score (nSPS) is 15.8. The van der Waals surface area contributed by atoms with Crippen molar-refractivity contribution in [3.05, 3.63) is 69.8 Å². The molecule has 8 nitrogen and oxygen atoms in total. The van der Waals surface area contributed by atoms with Gasteiger partial charge in [0, 0.05) is 36.8 Å². The molecule has 0 spiro atoms.